The van der Waals surface area contributed by atoms with Crippen molar-refractivity contribution in [1.82, 2.24) is 0 Å². The number of nitrogens with zero attached hydrogens (tertiary/aromatic N) is 3. The highest BCUT2D eigenvalue weighted by Crippen LogP contribution is 2.40. The average Bonchev–Trinajstić information content (AvgIpc) is 2.98. The van der Waals surface area contributed by atoms with E-state index in [2.05, 4.69) is 10.0 Å². The van der Waals surface area contributed by atoms with Gasteiger partial charge in [0.15, 0.2) is 12.1 Å². The Kier molecular flexibility index (Phi) is 4.57. The van der Waals surface area contributed by atoms with Gasteiger partial charge in [0.1, 0.15) is 12.2 Å². The molecule has 2 aliphatic heterocycles. The molecule has 3 rings (SSSR count). The van der Waals surface area contributed by atoms with Gasteiger partial charge in [0.2, 0.25) is 0 Å². The van der Waals surface area contributed by atoms with Crippen LogP contribution in [-0.2, 0) is 25.6 Å². The summed E-state index contributed by atoms with van der Waals surface area (Å²) in [7, 11) is 0. The first-order valence-corrected chi connectivity index (χ1v) is 7.71. The summed E-state index contributed by atoms with van der Waals surface area (Å²) in [5.74, 6) is -0.712. The normalized spacial score (nSPS) is 33.0. The van der Waals surface area contributed by atoms with Gasteiger partial charge in [-0.1, -0.05) is 42.4 Å². The molecule has 124 valence electrons. The number of hydrogen-bond donors (Lipinski definition) is 0. The third kappa shape index (κ3) is 3.49. The van der Waals surface area contributed by atoms with Gasteiger partial charge >= 0.3 is 0 Å². The summed E-state index contributed by atoms with van der Waals surface area (Å²) < 4.78 is 23.6. The molecule has 0 aromatic heterocycles. The van der Waals surface area contributed by atoms with Crippen LogP contribution in [0.2, 0.25) is 0 Å². The Labute approximate surface area is 135 Å². The van der Waals surface area contributed by atoms with E-state index < -0.39 is 18.2 Å². The van der Waals surface area contributed by atoms with E-state index >= 15 is 0 Å². The molecule has 0 radical (unpaired) electrons. The van der Waals surface area contributed by atoms with Gasteiger partial charge in [-0.2, -0.15) is 0 Å². The minimum Gasteiger partial charge on any atom is -0.368 e. The summed E-state index contributed by atoms with van der Waals surface area (Å²) in [5.41, 5.74) is 9.74. The van der Waals surface area contributed by atoms with Gasteiger partial charge in [-0.3, -0.25) is 0 Å². The number of fused-ring (bicyclic) bond motifs is 1. The topological polar surface area (TPSA) is 85.7 Å². The average molecular weight is 319 g/mol. The molecule has 7 nitrogen and oxygen atoms in total. The number of benzene rings is 1. The molecule has 0 amide bonds. The number of hydrogen-bond acceptors (Lipinski definition) is 5. The van der Waals surface area contributed by atoms with Crippen molar-refractivity contribution >= 4 is 0 Å². The Bertz CT molecular complexity index is 588. The maximum atomic E-state index is 8.68. The zero-order chi connectivity index (χ0) is 16.4. The number of azide groups is 1. The van der Waals surface area contributed by atoms with E-state index in [1.165, 1.54) is 0 Å². The van der Waals surface area contributed by atoms with E-state index in [0.717, 1.165) is 5.56 Å². The predicted octanol–water partition coefficient (Wildman–Crippen LogP) is 3.15. The van der Waals surface area contributed by atoms with Crippen molar-refractivity contribution in [1.29, 1.82) is 0 Å². The van der Waals surface area contributed by atoms with Crippen molar-refractivity contribution in [2.24, 2.45) is 5.11 Å². The molecule has 0 aliphatic carbocycles. The first-order chi connectivity index (χ1) is 11.0. The second kappa shape index (κ2) is 6.47. The lowest BCUT2D eigenvalue weighted by Crippen LogP contribution is -2.41. The third-order valence-electron chi connectivity index (χ3n) is 4.02. The summed E-state index contributed by atoms with van der Waals surface area (Å²) in [6.45, 7) is 5.92. The highest BCUT2D eigenvalue weighted by Gasteiger charge is 2.56. The lowest BCUT2D eigenvalue weighted by atomic mass is 10.1. The fraction of sp³-hybridized carbons (Fsp3) is 0.625. The highest BCUT2D eigenvalue weighted by molar-refractivity contribution is 5.13. The second-order valence-electron chi connectivity index (χ2n) is 6.28. The van der Waals surface area contributed by atoms with Crippen molar-refractivity contribution in [3.05, 3.63) is 46.3 Å². The molecule has 0 bridgehead atoms. The summed E-state index contributed by atoms with van der Waals surface area (Å²) in [4.78, 5) is 2.86. The van der Waals surface area contributed by atoms with Crippen LogP contribution < -0.4 is 0 Å². The highest BCUT2D eigenvalue weighted by atomic mass is 16.8. The molecule has 0 saturated carbocycles. The van der Waals surface area contributed by atoms with Gasteiger partial charge in [-0.05, 0) is 24.9 Å². The third-order valence-corrected chi connectivity index (χ3v) is 4.02. The Hall–Kier alpha value is -1.63. The van der Waals surface area contributed by atoms with Crippen LogP contribution >= 0.6 is 0 Å². The Morgan fingerprint density at radius 1 is 1.30 bits per heavy atom. The number of ether oxygens (including phenoxy) is 4. The van der Waals surface area contributed by atoms with Crippen molar-refractivity contribution in [2.45, 2.75) is 63.8 Å². The fourth-order valence-electron chi connectivity index (χ4n) is 3.00. The first-order valence-electron chi connectivity index (χ1n) is 7.71. The van der Waals surface area contributed by atoms with E-state index in [1.54, 1.807) is 6.92 Å². The molecule has 1 aromatic carbocycles. The van der Waals surface area contributed by atoms with Gasteiger partial charge in [-0.15, -0.1) is 0 Å². The van der Waals surface area contributed by atoms with Gasteiger partial charge in [0, 0.05) is 4.91 Å². The molecule has 2 heterocycles. The van der Waals surface area contributed by atoms with E-state index in [0.29, 0.717) is 6.61 Å². The Balaban J connectivity index is 1.74. The lowest BCUT2D eigenvalue weighted by molar-refractivity contribution is -0.220. The maximum Gasteiger partial charge on any atom is 0.190 e. The van der Waals surface area contributed by atoms with Crippen LogP contribution in [0.1, 0.15) is 26.3 Å². The smallest absolute Gasteiger partial charge is 0.190 e. The molecule has 0 N–H and O–H groups in total. The minimum atomic E-state index is -0.712. The van der Waals surface area contributed by atoms with Crippen LogP contribution in [0.5, 0.6) is 0 Å². The zero-order valence-corrected chi connectivity index (χ0v) is 13.5. The van der Waals surface area contributed by atoms with Crippen molar-refractivity contribution in [3.8, 4) is 0 Å². The van der Waals surface area contributed by atoms with Crippen molar-refractivity contribution in [3.63, 3.8) is 0 Å². The molecule has 2 fully saturated rings. The molecule has 0 spiro atoms. The SMILES string of the molecule is CC(N=[N+]=[N-])[C@H]1O[C@@H]2OC(C)(C)O[C@@H]2[C@@H]1OCc1ccccc1. The van der Waals surface area contributed by atoms with Crippen molar-refractivity contribution in [2.75, 3.05) is 0 Å². The van der Waals surface area contributed by atoms with Gasteiger partial charge < -0.3 is 18.9 Å². The van der Waals surface area contributed by atoms with E-state index in [9.17, 15) is 0 Å². The largest absolute Gasteiger partial charge is 0.368 e. The van der Waals surface area contributed by atoms with Crippen LogP contribution in [0.15, 0.2) is 35.4 Å². The van der Waals surface area contributed by atoms with Crippen molar-refractivity contribution < 1.29 is 18.9 Å². The van der Waals surface area contributed by atoms with Crippen LogP contribution in [0.4, 0.5) is 0 Å². The van der Waals surface area contributed by atoms with Gasteiger partial charge in [0.25, 0.3) is 0 Å². The molecular weight excluding hydrogens is 298 g/mol. The Morgan fingerprint density at radius 2 is 2.04 bits per heavy atom. The summed E-state index contributed by atoms with van der Waals surface area (Å²) in [5, 5.41) is 3.74. The van der Waals surface area contributed by atoms with E-state index in [1.807, 2.05) is 44.2 Å². The van der Waals surface area contributed by atoms with Gasteiger partial charge in [-0.25, -0.2) is 0 Å². The lowest BCUT2D eigenvalue weighted by Gasteiger charge is -2.27. The summed E-state index contributed by atoms with van der Waals surface area (Å²) >= 11 is 0. The summed E-state index contributed by atoms with van der Waals surface area (Å²) in [6, 6.07) is 9.50. The standard InChI is InChI=1S/C16H21N3O4/c1-10(18-19-17)12-13(20-9-11-7-5-4-6-8-11)14-15(21-12)23-16(2,3)22-14/h4-8,10,12-15H,9H2,1-3H3/t10?,12-,13-,14-,15-/m1/s1. The molecule has 2 aliphatic rings. The molecule has 1 aromatic rings. The Morgan fingerprint density at radius 3 is 2.74 bits per heavy atom. The monoisotopic (exact) mass is 319 g/mol. The quantitative estimate of drug-likeness (QED) is 0.474. The molecular formula is C16H21N3O4. The molecule has 2 saturated heterocycles. The second-order valence-corrected chi connectivity index (χ2v) is 6.28. The van der Waals surface area contributed by atoms with Gasteiger partial charge in [0.05, 0.1) is 18.8 Å². The fourth-order valence-corrected chi connectivity index (χ4v) is 3.00. The van der Waals surface area contributed by atoms with Crippen LogP contribution in [0.25, 0.3) is 10.4 Å². The zero-order valence-electron chi connectivity index (χ0n) is 13.5. The molecule has 7 heteroatoms. The molecule has 23 heavy (non-hydrogen) atoms. The maximum absolute atomic E-state index is 8.68. The van der Waals surface area contributed by atoms with E-state index in [4.69, 9.17) is 24.5 Å². The predicted molar refractivity (Wildman–Crippen MR) is 82.3 cm³/mol. The summed E-state index contributed by atoms with van der Waals surface area (Å²) in [6.07, 6.45) is -1.61. The van der Waals surface area contributed by atoms with Crippen LogP contribution in [0.3, 0.4) is 0 Å². The van der Waals surface area contributed by atoms with Crippen LogP contribution in [-0.4, -0.2) is 36.4 Å². The van der Waals surface area contributed by atoms with E-state index in [-0.39, 0.29) is 18.2 Å². The minimum absolute atomic E-state index is 0.338. The molecule has 5 atom stereocenters. The number of rotatable bonds is 5. The first kappa shape index (κ1) is 16.2. The molecule has 1 unspecified atom stereocenters. The van der Waals surface area contributed by atoms with Crippen LogP contribution in [0, 0.1) is 0 Å².